The molecule has 3 rings (SSSR count). The third-order valence-electron chi connectivity index (χ3n) is 5.22. The van der Waals surface area contributed by atoms with E-state index in [2.05, 4.69) is 23.2 Å². The summed E-state index contributed by atoms with van der Waals surface area (Å²) in [5, 5.41) is 9.18. The van der Waals surface area contributed by atoms with Gasteiger partial charge in [-0.25, -0.2) is 0 Å². The van der Waals surface area contributed by atoms with Crippen LogP contribution in [0.4, 0.5) is 0 Å². The summed E-state index contributed by atoms with van der Waals surface area (Å²) < 4.78 is 22.7. The highest BCUT2D eigenvalue weighted by atomic mass is 16.5. The molecule has 6 nitrogen and oxygen atoms in total. The van der Waals surface area contributed by atoms with Gasteiger partial charge in [-0.1, -0.05) is 6.92 Å². The van der Waals surface area contributed by atoms with Crippen LogP contribution in [0.15, 0.2) is 40.5 Å². The van der Waals surface area contributed by atoms with E-state index in [1.165, 1.54) is 0 Å². The Morgan fingerprint density at radius 2 is 1.47 bits per heavy atom. The first-order valence-corrected chi connectivity index (χ1v) is 10.4. The van der Waals surface area contributed by atoms with Crippen LogP contribution in [0.5, 0.6) is 23.0 Å². The van der Waals surface area contributed by atoms with E-state index in [-0.39, 0.29) is 5.92 Å². The van der Waals surface area contributed by atoms with Crippen molar-refractivity contribution in [3.63, 3.8) is 0 Å². The molecule has 30 heavy (non-hydrogen) atoms. The van der Waals surface area contributed by atoms with Gasteiger partial charge in [0.15, 0.2) is 23.0 Å². The van der Waals surface area contributed by atoms with Crippen LogP contribution in [-0.4, -0.2) is 38.9 Å². The van der Waals surface area contributed by atoms with Crippen molar-refractivity contribution in [3.05, 3.63) is 47.0 Å². The van der Waals surface area contributed by atoms with Crippen molar-refractivity contribution in [1.82, 2.24) is 0 Å². The number of hydrogen-bond donors (Lipinski definition) is 0. The fourth-order valence-corrected chi connectivity index (χ4v) is 3.80. The van der Waals surface area contributed by atoms with Gasteiger partial charge in [0.05, 0.1) is 27.4 Å². The molecule has 1 heterocycles. The summed E-state index contributed by atoms with van der Waals surface area (Å²) in [7, 11) is 3.25. The highest BCUT2D eigenvalue weighted by Crippen LogP contribution is 2.39. The van der Waals surface area contributed by atoms with Gasteiger partial charge in [0, 0.05) is 22.8 Å². The molecule has 0 aromatic heterocycles. The van der Waals surface area contributed by atoms with Crippen molar-refractivity contribution in [3.8, 4) is 23.0 Å². The predicted molar refractivity (Wildman–Crippen MR) is 120 cm³/mol. The van der Waals surface area contributed by atoms with Crippen LogP contribution in [0.25, 0.3) is 0 Å². The van der Waals surface area contributed by atoms with Gasteiger partial charge in [-0.15, -0.1) is 5.10 Å². The molecule has 6 heteroatoms. The highest BCUT2D eigenvalue weighted by molar-refractivity contribution is 6.16. The van der Waals surface area contributed by atoms with Crippen molar-refractivity contribution in [1.29, 1.82) is 0 Å². The molecule has 1 aliphatic rings. The minimum atomic E-state index is 0.149. The van der Waals surface area contributed by atoms with E-state index in [4.69, 9.17) is 18.9 Å². The molecule has 0 bridgehead atoms. The molecule has 0 saturated carbocycles. The average Bonchev–Trinajstić information content (AvgIpc) is 2.89. The van der Waals surface area contributed by atoms with Gasteiger partial charge in [-0.2, -0.15) is 5.10 Å². The Hall–Kier alpha value is -3.02. The number of benzene rings is 2. The smallest absolute Gasteiger partial charge is 0.161 e. The third-order valence-corrected chi connectivity index (χ3v) is 5.22. The van der Waals surface area contributed by atoms with Crippen molar-refractivity contribution < 1.29 is 18.9 Å². The summed E-state index contributed by atoms with van der Waals surface area (Å²) >= 11 is 0. The maximum absolute atomic E-state index is 5.90. The molecular formula is C24H30N2O4. The zero-order valence-corrected chi connectivity index (χ0v) is 18.6. The van der Waals surface area contributed by atoms with Crippen molar-refractivity contribution in [2.24, 2.45) is 10.2 Å². The van der Waals surface area contributed by atoms with Crippen molar-refractivity contribution >= 4 is 11.4 Å². The monoisotopic (exact) mass is 410 g/mol. The molecule has 0 radical (unpaired) electrons. The minimum Gasteiger partial charge on any atom is -0.493 e. The number of hydrogen-bond acceptors (Lipinski definition) is 6. The number of fused-ring (bicyclic) bond motifs is 1. The molecule has 0 amide bonds. The summed E-state index contributed by atoms with van der Waals surface area (Å²) in [6.07, 6.45) is 0.913. The van der Waals surface area contributed by atoms with Gasteiger partial charge < -0.3 is 18.9 Å². The number of rotatable bonds is 8. The second-order valence-corrected chi connectivity index (χ2v) is 6.97. The molecule has 2 aromatic rings. The first kappa shape index (κ1) is 21.7. The Morgan fingerprint density at radius 1 is 0.800 bits per heavy atom. The van der Waals surface area contributed by atoms with E-state index in [0.29, 0.717) is 30.5 Å². The lowest BCUT2D eigenvalue weighted by atomic mass is 9.85. The molecule has 160 valence electrons. The Bertz CT molecular complexity index is 966. The summed E-state index contributed by atoms with van der Waals surface area (Å²) in [6, 6.07) is 9.88. The lowest BCUT2D eigenvalue weighted by Gasteiger charge is -2.21. The summed E-state index contributed by atoms with van der Waals surface area (Å²) in [6.45, 7) is 9.24. The van der Waals surface area contributed by atoms with Gasteiger partial charge in [0.25, 0.3) is 0 Å². The molecule has 2 aromatic carbocycles. The van der Waals surface area contributed by atoms with Gasteiger partial charge in [-0.05, 0) is 63.1 Å². The number of nitrogens with zero attached hydrogens (tertiary/aromatic N) is 2. The Morgan fingerprint density at radius 3 is 2.07 bits per heavy atom. The predicted octanol–water partition coefficient (Wildman–Crippen LogP) is 5.22. The van der Waals surface area contributed by atoms with Crippen LogP contribution in [0.1, 0.15) is 56.7 Å². The standard InChI is InChI=1S/C24H30N2O4/c1-7-17-15(4)25-26-24(16-10-11-20(27-5)21(12-16)28-6)19-14-23(30-9-3)22(29-8-2)13-18(17)19/h10-14,17H,7-9H2,1-6H3/t17-/m1/s1. The van der Waals surface area contributed by atoms with E-state index in [1.807, 2.05) is 45.0 Å². The van der Waals surface area contributed by atoms with Crippen LogP contribution in [0.2, 0.25) is 0 Å². The molecule has 0 fully saturated rings. The number of ether oxygens (including phenoxy) is 4. The van der Waals surface area contributed by atoms with Crippen LogP contribution < -0.4 is 18.9 Å². The molecule has 0 N–H and O–H groups in total. The second-order valence-electron chi connectivity index (χ2n) is 6.97. The number of methoxy groups -OCH3 is 2. The van der Waals surface area contributed by atoms with Gasteiger partial charge >= 0.3 is 0 Å². The molecule has 1 aliphatic heterocycles. The first-order valence-electron chi connectivity index (χ1n) is 10.4. The van der Waals surface area contributed by atoms with E-state index in [1.54, 1.807) is 14.2 Å². The highest BCUT2D eigenvalue weighted by Gasteiger charge is 2.26. The SMILES string of the molecule is CCOc1cc2c(cc1OCC)[C@H](CC)C(C)=NN=C2c1ccc(OC)c(OC)c1. The molecule has 0 unspecified atom stereocenters. The molecule has 1 atom stereocenters. The minimum absolute atomic E-state index is 0.149. The summed E-state index contributed by atoms with van der Waals surface area (Å²) in [4.78, 5) is 0. The molecule has 0 aliphatic carbocycles. The van der Waals surface area contributed by atoms with Crippen LogP contribution in [0, 0.1) is 0 Å². The Labute approximate surface area is 178 Å². The van der Waals surface area contributed by atoms with Crippen LogP contribution in [0.3, 0.4) is 0 Å². The second kappa shape index (κ2) is 9.65. The third kappa shape index (κ3) is 4.13. The summed E-state index contributed by atoms with van der Waals surface area (Å²) in [5.41, 5.74) is 4.76. The molecule has 0 spiro atoms. The Balaban J connectivity index is 2.24. The quantitative estimate of drug-likeness (QED) is 0.598. The van der Waals surface area contributed by atoms with E-state index in [0.717, 1.165) is 40.3 Å². The van der Waals surface area contributed by atoms with E-state index >= 15 is 0 Å². The van der Waals surface area contributed by atoms with Gasteiger partial charge in [0.2, 0.25) is 0 Å². The summed E-state index contributed by atoms with van der Waals surface area (Å²) in [5.74, 6) is 2.92. The Kier molecular flexibility index (Phi) is 6.98. The van der Waals surface area contributed by atoms with Crippen molar-refractivity contribution in [2.75, 3.05) is 27.4 Å². The van der Waals surface area contributed by atoms with Gasteiger partial charge in [-0.3, -0.25) is 0 Å². The van der Waals surface area contributed by atoms with Crippen LogP contribution in [-0.2, 0) is 0 Å². The van der Waals surface area contributed by atoms with Crippen molar-refractivity contribution in [2.45, 2.75) is 40.0 Å². The fourth-order valence-electron chi connectivity index (χ4n) is 3.80. The molecular weight excluding hydrogens is 380 g/mol. The normalized spacial score (nSPS) is 15.5. The van der Waals surface area contributed by atoms with E-state index < -0.39 is 0 Å². The lowest BCUT2D eigenvalue weighted by molar-refractivity contribution is 0.287. The molecule has 0 saturated heterocycles. The first-order chi connectivity index (χ1) is 14.6. The maximum atomic E-state index is 5.90. The average molecular weight is 411 g/mol. The topological polar surface area (TPSA) is 61.6 Å². The zero-order chi connectivity index (χ0) is 21.7. The van der Waals surface area contributed by atoms with Gasteiger partial charge in [0.1, 0.15) is 5.71 Å². The zero-order valence-electron chi connectivity index (χ0n) is 18.6. The lowest BCUT2D eigenvalue weighted by Crippen LogP contribution is -2.13. The van der Waals surface area contributed by atoms with Crippen LogP contribution >= 0.6 is 0 Å². The fraction of sp³-hybridized carbons (Fsp3) is 0.417. The maximum Gasteiger partial charge on any atom is 0.161 e. The largest absolute Gasteiger partial charge is 0.493 e. The van der Waals surface area contributed by atoms with E-state index in [9.17, 15) is 0 Å².